The van der Waals surface area contributed by atoms with Gasteiger partial charge in [0.25, 0.3) is 0 Å². The highest BCUT2D eigenvalue weighted by Gasteiger charge is 2.20. The molecule has 0 heterocycles. The molecule has 0 bridgehead atoms. The van der Waals surface area contributed by atoms with Crippen molar-refractivity contribution >= 4 is 27.5 Å². The van der Waals surface area contributed by atoms with E-state index in [1.54, 1.807) is 0 Å². The van der Waals surface area contributed by atoms with Gasteiger partial charge in [-0.2, -0.15) is 0 Å². The summed E-state index contributed by atoms with van der Waals surface area (Å²) in [5, 5.41) is 0. The van der Waals surface area contributed by atoms with E-state index in [0.29, 0.717) is 11.8 Å². The van der Waals surface area contributed by atoms with Crippen molar-refractivity contribution < 1.29 is 4.74 Å². The molecular weight excluding hydrogens is 348 g/mol. The van der Waals surface area contributed by atoms with Gasteiger partial charge in [0.15, 0.2) is 0 Å². The van der Waals surface area contributed by atoms with Gasteiger partial charge in [-0.3, -0.25) is 0 Å². The van der Waals surface area contributed by atoms with Crippen molar-refractivity contribution in [1.82, 2.24) is 0 Å². The number of ether oxygens (including phenoxy) is 1. The van der Waals surface area contributed by atoms with E-state index in [1.807, 2.05) is 18.2 Å². The third-order valence-corrected chi connectivity index (χ3v) is 4.88. The first kappa shape index (κ1) is 14.9. The zero-order chi connectivity index (χ0) is 14.7. The van der Waals surface area contributed by atoms with Gasteiger partial charge < -0.3 is 4.74 Å². The van der Waals surface area contributed by atoms with Gasteiger partial charge in [-0.1, -0.05) is 40.2 Å². The summed E-state index contributed by atoms with van der Waals surface area (Å²) in [6.45, 7) is 0.725. The van der Waals surface area contributed by atoms with Crippen LogP contribution in [0.3, 0.4) is 0 Å². The lowest BCUT2D eigenvalue weighted by Crippen LogP contribution is -2.17. The Balaban J connectivity index is 1.74. The second kappa shape index (κ2) is 6.85. The summed E-state index contributed by atoms with van der Waals surface area (Å²) in [7, 11) is 0. The molecule has 0 fully saturated rings. The van der Waals surface area contributed by atoms with E-state index in [-0.39, 0.29) is 0 Å². The molecule has 1 atom stereocenters. The molecule has 0 N–H and O–H groups in total. The fraction of sp³-hybridized carbons (Fsp3) is 0.333. The van der Waals surface area contributed by atoms with Crippen LogP contribution in [0.1, 0.15) is 35.4 Å². The van der Waals surface area contributed by atoms with Gasteiger partial charge >= 0.3 is 0 Å². The van der Waals surface area contributed by atoms with Gasteiger partial charge in [0.1, 0.15) is 5.75 Å². The van der Waals surface area contributed by atoms with Gasteiger partial charge in [0.05, 0.1) is 12.5 Å². The van der Waals surface area contributed by atoms with Crippen molar-refractivity contribution in [2.45, 2.75) is 31.1 Å². The summed E-state index contributed by atoms with van der Waals surface area (Å²) in [6, 6.07) is 14.8. The molecule has 0 spiro atoms. The second-order valence-electron chi connectivity index (χ2n) is 5.48. The zero-order valence-corrected chi connectivity index (χ0v) is 14.2. The second-order valence-corrected chi connectivity index (χ2v) is 6.67. The lowest BCUT2D eigenvalue weighted by molar-refractivity contribution is 0.273. The van der Waals surface area contributed by atoms with Crippen LogP contribution in [0.5, 0.6) is 5.75 Å². The normalized spacial score (nSPS) is 17.3. The zero-order valence-electron chi connectivity index (χ0n) is 11.8. The highest BCUT2D eigenvalue weighted by molar-refractivity contribution is 9.10. The standard InChI is InChI=1S/C18H18BrClO/c19-16-8-9-18(15(10-16)11-20)21-12-14-6-3-5-13-4-1-2-7-17(13)14/h1-2,4,7-10,14H,3,5-6,11-12H2. The van der Waals surface area contributed by atoms with E-state index in [4.69, 9.17) is 16.3 Å². The molecule has 1 unspecified atom stereocenters. The highest BCUT2D eigenvalue weighted by atomic mass is 79.9. The fourth-order valence-electron chi connectivity index (χ4n) is 3.01. The lowest BCUT2D eigenvalue weighted by atomic mass is 9.83. The van der Waals surface area contributed by atoms with E-state index in [9.17, 15) is 0 Å². The summed E-state index contributed by atoms with van der Waals surface area (Å²) in [6.07, 6.45) is 3.63. The first-order chi connectivity index (χ1) is 10.3. The molecule has 21 heavy (non-hydrogen) atoms. The third kappa shape index (κ3) is 3.44. The maximum absolute atomic E-state index is 6.07. The molecule has 1 aliphatic carbocycles. The molecule has 3 rings (SSSR count). The molecule has 110 valence electrons. The summed E-state index contributed by atoms with van der Waals surface area (Å²) in [4.78, 5) is 0. The predicted molar refractivity (Wildman–Crippen MR) is 91.3 cm³/mol. The average Bonchev–Trinajstić information content (AvgIpc) is 2.53. The molecule has 0 amide bonds. The molecule has 2 aromatic rings. The van der Waals surface area contributed by atoms with E-state index >= 15 is 0 Å². The Kier molecular flexibility index (Phi) is 4.87. The lowest BCUT2D eigenvalue weighted by Gasteiger charge is -2.25. The summed E-state index contributed by atoms with van der Waals surface area (Å²) >= 11 is 9.48. The molecular formula is C18H18BrClO. The van der Waals surface area contributed by atoms with Crippen molar-refractivity contribution in [2.75, 3.05) is 6.61 Å². The van der Waals surface area contributed by atoms with E-state index < -0.39 is 0 Å². The SMILES string of the molecule is ClCc1cc(Br)ccc1OCC1CCCc2ccccc21. The maximum atomic E-state index is 6.07. The molecule has 1 aliphatic rings. The Morgan fingerprint density at radius 2 is 2.05 bits per heavy atom. The Bertz CT molecular complexity index is 626. The van der Waals surface area contributed by atoms with E-state index in [2.05, 4.69) is 40.2 Å². The minimum absolute atomic E-state index is 0.468. The van der Waals surface area contributed by atoms with Crippen LogP contribution in [0.4, 0.5) is 0 Å². The molecule has 0 aromatic heterocycles. The Hall–Kier alpha value is -0.990. The average molecular weight is 366 g/mol. The van der Waals surface area contributed by atoms with Crippen LogP contribution in [0, 0.1) is 0 Å². The van der Waals surface area contributed by atoms with Crippen molar-refractivity contribution in [2.24, 2.45) is 0 Å². The number of halogens is 2. The number of rotatable bonds is 4. The van der Waals surface area contributed by atoms with Crippen molar-refractivity contribution in [3.8, 4) is 5.75 Å². The Morgan fingerprint density at radius 3 is 2.90 bits per heavy atom. The molecule has 0 saturated carbocycles. The number of benzene rings is 2. The summed E-state index contributed by atoms with van der Waals surface area (Å²) in [5.41, 5.74) is 3.97. The number of hydrogen-bond donors (Lipinski definition) is 0. The van der Waals surface area contributed by atoms with Crippen LogP contribution in [0.2, 0.25) is 0 Å². The molecule has 0 radical (unpaired) electrons. The minimum atomic E-state index is 0.468. The van der Waals surface area contributed by atoms with Gasteiger partial charge in [0, 0.05) is 16.0 Å². The Morgan fingerprint density at radius 1 is 1.19 bits per heavy atom. The maximum Gasteiger partial charge on any atom is 0.123 e. The van der Waals surface area contributed by atoms with E-state index in [0.717, 1.165) is 22.4 Å². The van der Waals surface area contributed by atoms with E-state index in [1.165, 1.54) is 30.4 Å². The highest BCUT2D eigenvalue weighted by Crippen LogP contribution is 2.33. The van der Waals surface area contributed by atoms with Crippen LogP contribution in [-0.2, 0) is 12.3 Å². The van der Waals surface area contributed by atoms with Gasteiger partial charge in [-0.15, -0.1) is 11.6 Å². The van der Waals surface area contributed by atoms with Gasteiger partial charge in [0.2, 0.25) is 0 Å². The molecule has 1 nitrogen and oxygen atoms in total. The van der Waals surface area contributed by atoms with Crippen LogP contribution in [0.15, 0.2) is 46.9 Å². The van der Waals surface area contributed by atoms with Crippen LogP contribution in [0.25, 0.3) is 0 Å². The number of fused-ring (bicyclic) bond motifs is 1. The third-order valence-electron chi connectivity index (χ3n) is 4.10. The number of hydrogen-bond acceptors (Lipinski definition) is 1. The van der Waals surface area contributed by atoms with Crippen LogP contribution >= 0.6 is 27.5 Å². The topological polar surface area (TPSA) is 9.23 Å². The largest absolute Gasteiger partial charge is 0.493 e. The molecule has 3 heteroatoms. The molecule has 0 aliphatic heterocycles. The minimum Gasteiger partial charge on any atom is -0.493 e. The first-order valence-corrected chi connectivity index (χ1v) is 8.65. The van der Waals surface area contributed by atoms with Crippen molar-refractivity contribution in [3.05, 3.63) is 63.6 Å². The number of aryl methyl sites for hydroxylation is 1. The first-order valence-electron chi connectivity index (χ1n) is 7.33. The van der Waals surface area contributed by atoms with Crippen LogP contribution in [-0.4, -0.2) is 6.61 Å². The smallest absolute Gasteiger partial charge is 0.123 e. The Labute approximate surface area is 139 Å². The van der Waals surface area contributed by atoms with Gasteiger partial charge in [-0.05, 0) is 48.6 Å². The number of alkyl halides is 1. The van der Waals surface area contributed by atoms with Crippen molar-refractivity contribution in [1.29, 1.82) is 0 Å². The summed E-state index contributed by atoms with van der Waals surface area (Å²) in [5.74, 6) is 1.86. The summed E-state index contributed by atoms with van der Waals surface area (Å²) < 4.78 is 7.11. The van der Waals surface area contributed by atoms with Gasteiger partial charge in [-0.25, -0.2) is 0 Å². The predicted octanol–water partition coefficient (Wildman–Crippen LogP) is 5.69. The monoisotopic (exact) mass is 364 g/mol. The van der Waals surface area contributed by atoms with Crippen LogP contribution < -0.4 is 4.74 Å². The fourth-order valence-corrected chi connectivity index (χ4v) is 3.63. The quantitative estimate of drug-likeness (QED) is 0.633. The molecule has 2 aromatic carbocycles. The van der Waals surface area contributed by atoms with Crippen molar-refractivity contribution in [3.63, 3.8) is 0 Å². The molecule has 0 saturated heterocycles.